The molecule has 0 aromatic carbocycles. The van der Waals surface area contributed by atoms with Crippen LogP contribution in [0.25, 0.3) is 0 Å². The van der Waals surface area contributed by atoms with Gasteiger partial charge in [0.2, 0.25) is 5.82 Å². The number of unbranched alkanes of at least 4 members (excludes halogenated alkanes) is 1. The molecule has 0 spiro atoms. The van der Waals surface area contributed by atoms with Crippen LogP contribution in [-0.2, 0) is 6.18 Å². The maximum Gasteiger partial charge on any atom is 0.451 e. The monoisotopic (exact) mass is 296 g/mol. The molecule has 0 aliphatic carbocycles. The molecule has 0 amide bonds. The van der Waals surface area contributed by atoms with Crippen LogP contribution in [0, 0.1) is 0 Å². The summed E-state index contributed by atoms with van der Waals surface area (Å²) in [7, 11) is 3.93. The SMILES string of the molecule is CN(C)CCCCNc1cc(Cl)nc(C(F)(F)F)n1. The molecule has 0 fully saturated rings. The number of hydrogen-bond donors (Lipinski definition) is 1. The fraction of sp³-hybridized carbons (Fsp3) is 0.636. The molecule has 0 bridgehead atoms. The molecule has 0 saturated carbocycles. The summed E-state index contributed by atoms with van der Waals surface area (Å²) in [5.41, 5.74) is 0. The fourth-order valence-corrected chi connectivity index (χ4v) is 1.59. The number of nitrogens with one attached hydrogen (secondary N) is 1. The quantitative estimate of drug-likeness (QED) is 0.647. The molecule has 4 nitrogen and oxygen atoms in total. The zero-order valence-electron chi connectivity index (χ0n) is 10.8. The van der Waals surface area contributed by atoms with Crippen LogP contribution in [0.15, 0.2) is 6.07 Å². The highest BCUT2D eigenvalue weighted by molar-refractivity contribution is 6.29. The second-order valence-corrected chi connectivity index (χ2v) is 4.72. The first kappa shape index (κ1) is 16.0. The Kier molecular flexibility index (Phi) is 5.81. The van der Waals surface area contributed by atoms with Gasteiger partial charge < -0.3 is 10.2 Å². The maximum atomic E-state index is 12.5. The molecule has 1 aromatic heterocycles. The molecule has 0 saturated heterocycles. The van der Waals surface area contributed by atoms with E-state index in [1.165, 1.54) is 6.07 Å². The Hall–Kier alpha value is -1.08. The normalized spacial score (nSPS) is 11.9. The highest BCUT2D eigenvalue weighted by Crippen LogP contribution is 2.28. The second-order valence-electron chi connectivity index (χ2n) is 4.33. The standard InChI is InChI=1S/C11H16ClF3N4/c1-19(2)6-4-3-5-16-9-7-8(12)17-10(18-9)11(13,14)15/h7H,3-6H2,1-2H3,(H,16,17,18). The summed E-state index contributed by atoms with van der Waals surface area (Å²) >= 11 is 5.54. The Bertz CT molecular complexity index is 409. The third kappa shape index (κ3) is 6.07. The number of hydrogen-bond acceptors (Lipinski definition) is 4. The van der Waals surface area contributed by atoms with Crippen molar-refractivity contribution in [3.05, 3.63) is 17.0 Å². The van der Waals surface area contributed by atoms with E-state index in [0.29, 0.717) is 6.54 Å². The van der Waals surface area contributed by atoms with E-state index in [0.717, 1.165) is 19.4 Å². The van der Waals surface area contributed by atoms with Gasteiger partial charge >= 0.3 is 6.18 Å². The van der Waals surface area contributed by atoms with E-state index in [2.05, 4.69) is 15.3 Å². The molecule has 1 aromatic rings. The van der Waals surface area contributed by atoms with Gasteiger partial charge in [-0.1, -0.05) is 11.6 Å². The maximum absolute atomic E-state index is 12.5. The van der Waals surface area contributed by atoms with Crippen molar-refractivity contribution in [1.82, 2.24) is 14.9 Å². The first-order valence-corrected chi connectivity index (χ1v) is 6.17. The molecule has 8 heteroatoms. The lowest BCUT2D eigenvalue weighted by Gasteiger charge is -2.11. The van der Waals surface area contributed by atoms with Gasteiger partial charge in [-0.15, -0.1) is 0 Å². The largest absolute Gasteiger partial charge is 0.451 e. The Balaban J connectivity index is 2.52. The average molecular weight is 297 g/mol. The Labute approximate surface area is 115 Å². The summed E-state index contributed by atoms with van der Waals surface area (Å²) in [6.07, 6.45) is -2.81. The minimum Gasteiger partial charge on any atom is -0.370 e. The third-order valence-corrected chi connectivity index (χ3v) is 2.48. The minimum absolute atomic E-state index is 0.0946. The van der Waals surface area contributed by atoms with Crippen LogP contribution in [0.4, 0.5) is 19.0 Å². The summed E-state index contributed by atoms with van der Waals surface area (Å²) in [4.78, 5) is 8.60. The fourth-order valence-electron chi connectivity index (χ4n) is 1.40. The van der Waals surface area contributed by atoms with Crippen molar-refractivity contribution in [2.45, 2.75) is 19.0 Å². The number of halogens is 4. The lowest BCUT2D eigenvalue weighted by atomic mass is 10.3. The van der Waals surface area contributed by atoms with Crippen molar-refractivity contribution in [3.8, 4) is 0 Å². The summed E-state index contributed by atoms with van der Waals surface area (Å²) in [5.74, 6) is -1.13. The molecular weight excluding hydrogens is 281 g/mol. The van der Waals surface area contributed by atoms with Gasteiger partial charge in [0, 0.05) is 12.6 Å². The molecule has 0 radical (unpaired) electrons. The molecule has 0 aliphatic rings. The molecule has 0 unspecified atom stereocenters. The van der Waals surface area contributed by atoms with Gasteiger partial charge in [0.25, 0.3) is 0 Å². The van der Waals surface area contributed by atoms with Crippen LogP contribution in [0.2, 0.25) is 5.15 Å². The number of anilines is 1. The van der Waals surface area contributed by atoms with Gasteiger partial charge in [-0.2, -0.15) is 13.2 Å². The number of aromatic nitrogens is 2. The van der Waals surface area contributed by atoms with Gasteiger partial charge in [0.15, 0.2) is 0 Å². The van der Waals surface area contributed by atoms with E-state index in [4.69, 9.17) is 11.6 Å². The number of rotatable bonds is 6. The molecule has 0 atom stereocenters. The minimum atomic E-state index is -4.59. The van der Waals surface area contributed by atoms with Crippen LogP contribution in [0.5, 0.6) is 0 Å². The van der Waals surface area contributed by atoms with Gasteiger partial charge in [-0.3, -0.25) is 0 Å². The van der Waals surface area contributed by atoms with E-state index in [1.807, 2.05) is 19.0 Å². The van der Waals surface area contributed by atoms with E-state index in [1.54, 1.807) is 0 Å². The molecular formula is C11H16ClF3N4. The van der Waals surface area contributed by atoms with Crippen LogP contribution < -0.4 is 5.32 Å². The van der Waals surface area contributed by atoms with E-state index >= 15 is 0 Å². The zero-order valence-corrected chi connectivity index (χ0v) is 11.5. The lowest BCUT2D eigenvalue weighted by molar-refractivity contribution is -0.144. The lowest BCUT2D eigenvalue weighted by Crippen LogP contribution is -2.15. The van der Waals surface area contributed by atoms with Crippen LogP contribution in [0.1, 0.15) is 18.7 Å². The molecule has 108 valence electrons. The molecule has 1 rings (SSSR count). The molecule has 1 N–H and O–H groups in total. The number of nitrogens with zero attached hydrogens (tertiary/aromatic N) is 3. The first-order chi connectivity index (χ1) is 8.79. The highest BCUT2D eigenvalue weighted by Gasteiger charge is 2.35. The van der Waals surface area contributed by atoms with E-state index < -0.39 is 12.0 Å². The first-order valence-electron chi connectivity index (χ1n) is 5.79. The van der Waals surface area contributed by atoms with Crippen LogP contribution in [-0.4, -0.2) is 42.1 Å². The van der Waals surface area contributed by atoms with Crippen molar-refractivity contribution in [3.63, 3.8) is 0 Å². The smallest absolute Gasteiger partial charge is 0.370 e. The predicted molar refractivity (Wildman–Crippen MR) is 68.3 cm³/mol. The van der Waals surface area contributed by atoms with Crippen molar-refractivity contribution in [1.29, 1.82) is 0 Å². The van der Waals surface area contributed by atoms with Crippen molar-refractivity contribution >= 4 is 17.4 Å². The van der Waals surface area contributed by atoms with E-state index in [-0.39, 0.29) is 11.0 Å². The van der Waals surface area contributed by atoms with E-state index in [9.17, 15) is 13.2 Å². The van der Waals surface area contributed by atoms with Gasteiger partial charge in [-0.25, -0.2) is 9.97 Å². The highest BCUT2D eigenvalue weighted by atomic mass is 35.5. The summed E-state index contributed by atoms with van der Waals surface area (Å²) < 4.78 is 37.4. The molecule has 19 heavy (non-hydrogen) atoms. The van der Waals surface area contributed by atoms with Crippen molar-refractivity contribution in [2.24, 2.45) is 0 Å². The number of alkyl halides is 3. The van der Waals surface area contributed by atoms with Crippen molar-refractivity contribution < 1.29 is 13.2 Å². The average Bonchev–Trinajstić information content (AvgIpc) is 2.26. The topological polar surface area (TPSA) is 41.0 Å². The van der Waals surface area contributed by atoms with Crippen LogP contribution >= 0.6 is 11.6 Å². The Morgan fingerprint density at radius 2 is 1.95 bits per heavy atom. The predicted octanol–water partition coefficient (Wildman–Crippen LogP) is 2.90. The summed E-state index contributed by atoms with van der Waals surface area (Å²) in [6, 6.07) is 1.28. The zero-order chi connectivity index (χ0) is 14.5. The third-order valence-electron chi connectivity index (χ3n) is 2.29. The Morgan fingerprint density at radius 3 is 2.53 bits per heavy atom. The summed E-state index contributed by atoms with van der Waals surface area (Å²) in [6.45, 7) is 1.47. The molecule has 1 heterocycles. The van der Waals surface area contributed by atoms with Gasteiger partial charge in [0.1, 0.15) is 11.0 Å². The second kappa shape index (κ2) is 6.91. The van der Waals surface area contributed by atoms with Gasteiger partial charge in [0.05, 0.1) is 0 Å². The summed E-state index contributed by atoms with van der Waals surface area (Å²) in [5, 5.41) is 2.59. The Morgan fingerprint density at radius 1 is 1.26 bits per heavy atom. The van der Waals surface area contributed by atoms with Crippen molar-refractivity contribution in [2.75, 3.05) is 32.5 Å². The molecule has 0 aliphatic heterocycles. The van der Waals surface area contributed by atoms with Crippen LogP contribution in [0.3, 0.4) is 0 Å². The van der Waals surface area contributed by atoms with Gasteiger partial charge in [-0.05, 0) is 33.5 Å².